The van der Waals surface area contributed by atoms with Gasteiger partial charge in [0.25, 0.3) is 0 Å². The number of Topliss-reactive ketones (excluding diaryl/α,β-unsaturated/α-hetero) is 3. The van der Waals surface area contributed by atoms with Crippen molar-refractivity contribution in [2.45, 2.75) is 86.0 Å². The highest BCUT2D eigenvalue weighted by Gasteiger charge is 2.47. The zero-order chi connectivity index (χ0) is 28.8. The molecule has 2 rings (SSSR count). The van der Waals surface area contributed by atoms with E-state index in [2.05, 4.69) is 0 Å². The molecular formula is C30H40O8. The Labute approximate surface area is 224 Å². The van der Waals surface area contributed by atoms with E-state index in [1.807, 2.05) is 20.8 Å². The van der Waals surface area contributed by atoms with E-state index in [0.717, 1.165) is 24.5 Å². The quantitative estimate of drug-likeness (QED) is 0.0763. The zero-order valence-corrected chi connectivity index (χ0v) is 23.2. The lowest BCUT2D eigenvalue weighted by Gasteiger charge is -2.34. The number of aliphatic hydroxyl groups is 2. The predicted molar refractivity (Wildman–Crippen MR) is 145 cm³/mol. The molecule has 1 aliphatic rings. The van der Waals surface area contributed by atoms with E-state index in [0.29, 0.717) is 12.8 Å². The normalized spacial score (nSPS) is 17.6. The number of ketones is 3. The van der Waals surface area contributed by atoms with E-state index in [9.17, 15) is 34.8 Å². The summed E-state index contributed by atoms with van der Waals surface area (Å²) in [4.78, 5) is 39.7. The molecule has 0 saturated carbocycles. The van der Waals surface area contributed by atoms with Crippen LogP contribution in [0, 0.1) is 5.41 Å². The molecule has 0 bridgehead atoms. The van der Waals surface area contributed by atoms with Crippen LogP contribution in [-0.4, -0.2) is 44.9 Å². The van der Waals surface area contributed by atoms with Gasteiger partial charge in [0.05, 0.1) is 18.1 Å². The SMILES string of the molecule is CCCCCC(=O)c1c(OC)cc(O)c(O)c1CC1=C(O)C(C)(CC=C(C)C)C(=O)C(C(=O)CCC)=C1O. The van der Waals surface area contributed by atoms with Crippen molar-refractivity contribution < 1.29 is 39.5 Å². The van der Waals surface area contributed by atoms with Gasteiger partial charge >= 0.3 is 0 Å². The monoisotopic (exact) mass is 528 g/mol. The van der Waals surface area contributed by atoms with Crippen molar-refractivity contribution in [1.29, 1.82) is 0 Å². The maximum absolute atomic E-state index is 13.5. The second kappa shape index (κ2) is 12.8. The molecule has 0 saturated heterocycles. The molecule has 0 aliphatic heterocycles. The van der Waals surface area contributed by atoms with Gasteiger partial charge in [-0.05, 0) is 40.0 Å². The van der Waals surface area contributed by atoms with E-state index in [-0.39, 0.29) is 47.5 Å². The lowest BCUT2D eigenvalue weighted by molar-refractivity contribution is -0.127. The minimum Gasteiger partial charge on any atom is -0.511 e. The number of methoxy groups -OCH3 is 1. The molecule has 0 spiro atoms. The molecule has 0 radical (unpaired) electrons. The van der Waals surface area contributed by atoms with Crippen molar-refractivity contribution in [2.75, 3.05) is 7.11 Å². The van der Waals surface area contributed by atoms with Crippen LogP contribution in [0.25, 0.3) is 0 Å². The number of allylic oxidation sites excluding steroid dienone is 5. The van der Waals surface area contributed by atoms with Gasteiger partial charge in [-0.3, -0.25) is 14.4 Å². The maximum Gasteiger partial charge on any atom is 0.183 e. The number of carbonyl (C=O) groups is 3. The van der Waals surface area contributed by atoms with Crippen LogP contribution in [0.1, 0.15) is 95.5 Å². The van der Waals surface area contributed by atoms with Crippen LogP contribution in [0.3, 0.4) is 0 Å². The van der Waals surface area contributed by atoms with E-state index in [1.165, 1.54) is 14.0 Å². The Balaban J connectivity index is 2.83. The first kappa shape index (κ1) is 30.7. The molecule has 0 fully saturated rings. The molecule has 1 aliphatic carbocycles. The van der Waals surface area contributed by atoms with Crippen LogP contribution in [0.5, 0.6) is 17.2 Å². The number of aromatic hydroxyl groups is 2. The summed E-state index contributed by atoms with van der Waals surface area (Å²) in [5.74, 6) is -3.87. The van der Waals surface area contributed by atoms with Crippen molar-refractivity contribution in [1.82, 2.24) is 0 Å². The Morgan fingerprint density at radius 3 is 2.21 bits per heavy atom. The highest BCUT2D eigenvalue weighted by Crippen LogP contribution is 2.46. The summed E-state index contributed by atoms with van der Waals surface area (Å²) < 4.78 is 5.35. The lowest BCUT2D eigenvalue weighted by Crippen LogP contribution is -2.39. The Morgan fingerprint density at radius 2 is 1.66 bits per heavy atom. The van der Waals surface area contributed by atoms with Gasteiger partial charge in [-0.15, -0.1) is 0 Å². The number of ether oxygens (including phenoxy) is 1. The summed E-state index contributed by atoms with van der Waals surface area (Å²) in [5, 5.41) is 43.8. The molecule has 0 aromatic heterocycles. The van der Waals surface area contributed by atoms with E-state index >= 15 is 0 Å². The second-order valence-electron chi connectivity index (χ2n) is 10.2. The number of benzene rings is 1. The Morgan fingerprint density at radius 1 is 1.00 bits per heavy atom. The first-order valence-corrected chi connectivity index (χ1v) is 13.1. The Bertz CT molecular complexity index is 1200. The zero-order valence-electron chi connectivity index (χ0n) is 23.2. The predicted octanol–water partition coefficient (Wildman–Crippen LogP) is 6.35. The second-order valence-corrected chi connectivity index (χ2v) is 10.2. The molecule has 1 atom stereocenters. The van der Waals surface area contributed by atoms with Crippen LogP contribution in [0.2, 0.25) is 0 Å². The molecule has 1 aromatic rings. The smallest absolute Gasteiger partial charge is 0.183 e. The van der Waals surface area contributed by atoms with Crippen molar-refractivity contribution in [3.63, 3.8) is 0 Å². The van der Waals surface area contributed by atoms with Gasteiger partial charge in [0.2, 0.25) is 0 Å². The molecular weight excluding hydrogens is 488 g/mol. The fraction of sp³-hybridized carbons (Fsp3) is 0.500. The number of phenols is 2. The molecule has 8 nitrogen and oxygen atoms in total. The topological polar surface area (TPSA) is 141 Å². The summed E-state index contributed by atoms with van der Waals surface area (Å²) in [6, 6.07) is 1.13. The van der Waals surface area contributed by atoms with Crippen molar-refractivity contribution >= 4 is 17.3 Å². The molecule has 0 amide bonds. The fourth-order valence-electron chi connectivity index (χ4n) is 4.63. The van der Waals surface area contributed by atoms with Gasteiger partial charge in [-0.2, -0.15) is 0 Å². The standard InChI is InChI=1S/C30H40O8/c1-7-9-10-12-21(32)24-18(26(34)22(33)16-23(24)38-6)15-19-27(35)25(20(31)11-8-2)29(37)30(5,28(19)36)14-13-17(3)4/h13,16,33-36H,7-12,14-15H2,1-6H3. The molecule has 208 valence electrons. The third-order valence-electron chi connectivity index (χ3n) is 6.94. The third-order valence-corrected chi connectivity index (χ3v) is 6.94. The Hall–Kier alpha value is -3.55. The number of hydrogen-bond acceptors (Lipinski definition) is 8. The highest BCUT2D eigenvalue weighted by molar-refractivity contribution is 6.24. The van der Waals surface area contributed by atoms with Crippen molar-refractivity contribution in [3.05, 3.63) is 51.5 Å². The first-order chi connectivity index (χ1) is 17.8. The number of hydrogen-bond donors (Lipinski definition) is 4. The maximum atomic E-state index is 13.5. The van der Waals surface area contributed by atoms with Crippen LogP contribution in [0.15, 0.2) is 40.4 Å². The minimum absolute atomic E-state index is 0.0105. The number of rotatable bonds is 13. The van der Waals surface area contributed by atoms with Gasteiger partial charge in [-0.25, -0.2) is 0 Å². The van der Waals surface area contributed by atoms with Crippen molar-refractivity contribution in [3.8, 4) is 17.2 Å². The first-order valence-electron chi connectivity index (χ1n) is 13.1. The highest BCUT2D eigenvalue weighted by atomic mass is 16.5. The number of carbonyl (C=O) groups excluding carboxylic acids is 3. The van der Waals surface area contributed by atoms with Gasteiger partial charge in [-0.1, -0.05) is 38.3 Å². The van der Waals surface area contributed by atoms with Crippen LogP contribution in [-0.2, 0) is 16.0 Å². The minimum atomic E-state index is -1.56. The molecule has 1 unspecified atom stereocenters. The molecule has 38 heavy (non-hydrogen) atoms. The van der Waals surface area contributed by atoms with Crippen LogP contribution >= 0.6 is 0 Å². The summed E-state index contributed by atoms with van der Waals surface area (Å²) >= 11 is 0. The van der Waals surface area contributed by atoms with E-state index in [1.54, 1.807) is 13.0 Å². The summed E-state index contributed by atoms with van der Waals surface area (Å²) in [7, 11) is 1.32. The van der Waals surface area contributed by atoms with Crippen molar-refractivity contribution in [2.24, 2.45) is 5.41 Å². The summed E-state index contributed by atoms with van der Waals surface area (Å²) in [5.41, 5.74) is -1.30. The molecule has 0 heterocycles. The average molecular weight is 529 g/mol. The summed E-state index contributed by atoms with van der Waals surface area (Å²) in [6.45, 7) is 8.94. The molecule has 1 aromatic carbocycles. The third kappa shape index (κ3) is 6.11. The number of unbranched alkanes of at least 4 members (excludes halogenated alkanes) is 2. The van der Waals surface area contributed by atoms with Gasteiger partial charge < -0.3 is 25.2 Å². The molecule has 8 heteroatoms. The van der Waals surface area contributed by atoms with Gasteiger partial charge in [0, 0.05) is 36.5 Å². The van der Waals surface area contributed by atoms with Gasteiger partial charge in [0.1, 0.15) is 22.8 Å². The Kier molecular flexibility index (Phi) is 10.3. The number of aliphatic hydroxyl groups excluding tert-OH is 2. The average Bonchev–Trinajstić information content (AvgIpc) is 2.86. The summed E-state index contributed by atoms with van der Waals surface area (Å²) in [6.07, 6.45) is 4.33. The van der Waals surface area contributed by atoms with Gasteiger partial charge in [0.15, 0.2) is 28.8 Å². The molecule has 4 N–H and O–H groups in total. The van der Waals surface area contributed by atoms with E-state index in [4.69, 9.17) is 4.74 Å². The fourth-order valence-corrected chi connectivity index (χ4v) is 4.63. The van der Waals surface area contributed by atoms with E-state index < -0.39 is 52.0 Å². The lowest BCUT2D eigenvalue weighted by atomic mass is 9.69. The number of phenolic OH excluding ortho intramolecular Hbond substituents is 2. The largest absolute Gasteiger partial charge is 0.511 e. The van der Waals surface area contributed by atoms with Crippen LogP contribution in [0.4, 0.5) is 0 Å². The van der Waals surface area contributed by atoms with Crippen LogP contribution < -0.4 is 4.74 Å².